The van der Waals surface area contributed by atoms with Crippen LogP contribution in [0.4, 0.5) is 5.69 Å². The van der Waals surface area contributed by atoms with Gasteiger partial charge in [-0.05, 0) is 25.1 Å². The fraction of sp³-hybridized carbons (Fsp3) is 0.167. The van der Waals surface area contributed by atoms with Gasteiger partial charge < -0.3 is 10.4 Å². The van der Waals surface area contributed by atoms with Crippen molar-refractivity contribution in [3.05, 3.63) is 42.2 Å². The minimum Gasteiger partial charge on any atom is -0.508 e. The Labute approximate surface area is 98.7 Å². The summed E-state index contributed by atoms with van der Waals surface area (Å²) in [6, 6.07) is 8.26. The molecule has 0 unspecified atom stereocenters. The molecule has 1 amide bonds. The Morgan fingerprint density at radius 1 is 1.47 bits per heavy atom. The van der Waals surface area contributed by atoms with Gasteiger partial charge >= 0.3 is 0 Å². The van der Waals surface area contributed by atoms with Crippen LogP contribution in [0.15, 0.2) is 36.5 Å². The van der Waals surface area contributed by atoms with Crippen LogP contribution in [0.1, 0.15) is 5.69 Å². The number of phenolic OH excluding ortho intramolecular Hbond substituents is 1. The molecular weight excluding hydrogens is 218 g/mol. The Morgan fingerprint density at radius 3 is 2.94 bits per heavy atom. The molecule has 0 fully saturated rings. The van der Waals surface area contributed by atoms with Crippen molar-refractivity contribution in [2.45, 2.75) is 13.5 Å². The molecule has 0 atom stereocenters. The molecule has 0 saturated carbocycles. The summed E-state index contributed by atoms with van der Waals surface area (Å²) >= 11 is 0. The number of nitrogens with zero attached hydrogens (tertiary/aromatic N) is 2. The van der Waals surface area contributed by atoms with Gasteiger partial charge in [-0.15, -0.1) is 0 Å². The highest BCUT2D eigenvalue weighted by molar-refractivity contribution is 5.90. The fourth-order valence-electron chi connectivity index (χ4n) is 1.48. The number of amides is 1. The van der Waals surface area contributed by atoms with Gasteiger partial charge in [-0.3, -0.25) is 9.48 Å². The molecule has 0 aliphatic carbocycles. The maximum atomic E-state index is 11.6. The third-order valence-electron chi connectivity index (χ3n) is 2.21. The van der Waals surface area contributed by atoms with Crippen LogP contribution in [0.5, 0.6) is 5.75 Å². The van der Waals surface area contributed by atoms with Crippen LogP contribution in [0.3, 0.4) is 0 Å². The second-order valence-corrected chi connectivity index (χ2v) is 3.75. The average Bonchev–Trinajstić information content (AvgIpc) is 2.63. The maximum Gasteiger partial charge on any atom is 0.246 e. The van der Waals surface area contributed by atoms with Crippen molar-refractivity contribution < 1.29 is 9.90 Å². The number of benzene rings is 1. The molecule has 1 aromatic carbocycles. The standard InChI is InChI=1S/C12H13N3O2/c1-9-5-6-15(14-9)8-12(17)13-10-3-2-4-11(16)7-10/h2-7,16H,8H2,1H3,(H,13,17). The van der Waals surface area contributed by atoms with E-state index in [0.29, 0.717) is 5.69 Å². The van der Waals surface area contributed by atoms with Gasteiger partial charge in [0.15, 0.2) is 0 Å². The Bertz CT molecular complexity index is 534. The van der Waals surface area contributed by atoms with E-state index < -0.39 is 0 Å². The third-order valence-corrected chi connectivity index (χ3v) is 2.21. The molecule has 2 N–H and O–H groups in total. The number of nitrogens with one attached hydrogen (secondary N) is 1. The number of aryl methyl sites for hydroxylation is 1. The summed E-state index contributed by atoms with van der Waals surface area (Å²) in [6.45, 7) is 2.02. The highest BCUT2D eigenvalue weighted by atomic mass is 16.3. The van der Waals surface area contributed by atoms with Crippen molar-refractivity contribution in [3.63, 3.8) is 0 Å². The van der Waals surface area contributed by atoms with Crippen molar-refractivity contribution in [2.24, 2.45) is 0 Å². The number of carbonyl (C=O) groups is 1. The number of phenols is 1. The number of anilines is 1. The number of hydrogen-bond donors (Lipinski definition) is 2. The molecule has 5 nitrogen and oxygen atoms in total. The van der Waals surface area contributed by atoms with Crippen LogP contribution < -0.4 is 5.32 Å². The van der Waals surface area contributed by atoms with Gasteiger partial charge in [0.25, 0.3) is 0 Å². The number of rotatable bonds is 3. The van der Waals surface area contributed by atoms with E-state index in [2.05, 4.69) is 10.4 Å². The molecule has 2 rings (SSSR count). The summed E-state index contributed by atoms with van der Waals surface area (Å²) < 4.78 is 1.56. The summed E-state index contributed by atoms with van der Waals surface area (Å²) in [6.07, 6.45) is 1.75. The van der Waals surface area contributed by atoms with E-state index in [-0.39, 0.29) is 18.2 Å². The molecule has 2 aromatic rings. The SMILES string of the molecule is Cc1ccn(CC(=O)Nc2cccc(O)c2)n1. The van der Waals surface area contributed by atoms with E-state index in [1.165, 1.54) is 6.07 Å². The van der Waals surface area contributed by atoms with Gasteiger partial charge in [0.2, 0.25) is 5.91 Å². The highest BCUT2D eigenvalue weighted by Crippen LogP contribution is 2.15. The van der Waals surface area contributed by atoms with E-state index in [0.717, 1.165) is 5.69 Å². The second kappa shape index (κ2) is 4.69. The minimum atomic E-state index is -0.182. The summed E-state index contributed by atoms with van der Waals surface area (Å²) in [4.78, 5) is 11.6. The fourth-order valence-corrected chi connectivity index (χ4v) is 1.48. The van der Waals surface area contributed by atoms with Crippen LogP contribution in [0, 0.1) is 6.92 Å². The maximum absolute atomic E-state index is 11.6. The largest absolute Gasteiger partial charge is 0.508 e. The molecule has 0 aliphatic heterocycles. The van der Waals surface area contributed by atoms with Crippen LogP contribution in [0.25, 0.3) is 0 Å². The molecule has 0 spiro atoms. The average molecular weight is 231 g/mol. The number of carbonyl (C=O) groups excluding carboxylic acids is 1. The van der Waals surface area contributed by atoms with Crippen LogP contribution >= 0.6 is 0 Å². The van der Waals surface area contributed by atoms with E-state index in [1.807, 2.05) is 13.0 Å². The predicted molar refractivity (Wildman–Crippen MR) is 63.7 cm³/mol. The summed E-state index contributed by atoms with van der Waals surface area (Å²) in [5.41, 5.74) is 1.44. The summed E-state index contributed by atoms with van der Waals surface area (Å²) in [7, 11) is 0. The third kappa shape index (κ3) is 3.07. The van der Waals surface area contributed by atoms with Gasteiger partial charge in [0.05, 0.1) is 5.69 Å². The predicted octanol–water partition coefficient (Wildman–Crippen LogP) is 1.54. The lowest BCUT2D eigenvalue weighted by Crippen LogP contribution is -2.19. The Balaban J connectivity index is 1.98. The number of aromatic nitrogens is 2. The van der Waals surface area contributed by atoms with Crippen LogP contribution in [-0.4, -0.2) is 20.8 Å². The van der Waals surface area contributed by atoms with Crippen molar-refractivity contribution in [2.75, 3.05) is 5.32 Å². The zero-order chi connectivity index (χ0) is 12.3. The highest BCUT2D eigenvalue weighted by Gasteiger charge is 2.04. The van der Waals surface area contributed by atoms with Crippen molar-refractivity contribution in [1.82, 2.24) is 9.78 Å². The van der Waals surface area contributed by atoms with E-state index >= 15 is 0 Å². The van der Waals surface area contributed by atoms with Gasteiger partial charge in [0.1, 0.15) is 12.3 Å². The second-order valence-electron chi connectivity index (χ2n) is 3.75. The molecule has 17 heavy (non-hydrogen) atoms. The van der Waals surface area contributed by atoms with Gasteiger partial charge in [-0.2, -0.15) is 5.10 Å². The van der Waals surface area contributed by atoms with Gasteiger partial charge in [-0.1, -0.05) is 6.07 Å². The molecule has 5 heteroatoms. The van der Waals surface area contributed by atoms with E-state index in [4.69, 9.17) is 0 Å². The Kier molecular flexibility index (Phi) is 3.09. The van der Waals surface area contributed by atoms with E-state index in [9.17, 15) is 9.90 Å². The van der Waals surface area contributed by atoms with E-state index in [1.54, 1.807) is 29.1 Å². The normalized spacial score (nSPS) is 10.2. The first-order chi connectivity index (χ1) is 8.13. The van der Waals surface area contributed by atoms with Crippen molar-refractivity contribution in [3.8, 4) is 5.75 Å². The molecular formula is C12H13N3O2. The smallest absolute Gasteiger partial charge is 0.246 e. The molecule has 0 bridgehead atoms. The monoisotopic (exact) mass is 231 g/mol. The van der Waals surface area contributed by atoms with Crippen molar-refractivity contribution >= 4 is 11.6 Å². The molecule has 1 heterocycles. The van der Waals surface area contributed by atoms with Gasteiger partial charge in [0, 0.05) is 18.0 Å². The first-order valence-electron chi connectivity index (χ1n) is 5.22. The molecule has 1 aromatic heterocycles. The first kappa shape index (κ1) is 11.2. The van der Waals surface area contributed by atoms with Crippen LogP contribution in [0.2, 0.25) is 0 Å². The Morgan fingerprint density at radius 2 is 2.29 bits per heavy atom. The minimum absolute atomic E-state index is 0.123. The molecule has 0 saturated heterocycles. The van der Waals surface area contributed by atoms with Crippen molar-refractivity contribution in [1.29, 1.82) is 0 Å². The van der Waals surface area contributed by atoms with Gasteiger partial charge in [-0.25, -0.2) is 0 Å². The summed E-state index contributed by atoms with van der Waals surface area (Å²) in [5.74, 6) is -0.0589. The number of hydrogen-bond acceptors (Lipinski definition) is 3. The zero-order valence-corrected chi connectivity index (χ0v) is 9.42. The lowest BCUT2D eigenvalue weighted by Gasteiger charge is -2.05. The van der Waals surface area contributed by atoms with Crippen LogP contribution in [-0.2, 0) is 11.3 Å². The number of aromatic hydroxyl groups is 1. The summed E-state index contributed by atoms with van der Waals surface area (Å²) in [5, 5.41) is 16.0. The molecule has 88 valence electrons. The zero-order valence-electron chi connectivity index (χ0n) is 9.42. The lowest BCUT2D eigenvalue weighted by atomic mass is 10.3. The topological polar surface area (TPSA) is 67.2 Å². The molecule has 0 radical (unpaired) electrons. The lowest BCUT2D eigenvalue weighted by molar-refractivity contribution is -0.116. The molecule has 0 aliphatic rings. The quantitative estimate of drug-likeness (QED) is 0.841. The first-order valence-corrected chi connectivity index (χ1v) is 5.22. The Hall–Kier alpha value is -2.30.